The predicted molar refractivity (Wildman–Crippen MR) is 92.2 cm³/mol. The highest BCUT2D eigenvalue weighted by Gasteiger charge is 2.41. The molecule has 152 valence electrons. The van der Waals surface area contributed by atoms with Crippen molar-refractivity contribution >= 4 is 11.6 Å². The van der Waals surface area contributed by atoms with Crippen molar-refractivity contribution in [2.75, 3.05) is 7.11 Å². The van der Waals surface area contributed by atoms with Crippen molar-refractivity contribution < 1.29 is 31.4 Å². The van der Waals surface area contributed by atoms with Gasteiger partial charge in [0.05, 0.1) is 11.7 Å². The molecule has 0 amide bonds. The van der Waals surface area contributed by atoms with E-state index in [2.05, 4.69) is 4.98 Å². The van der Waals surface area contributed by atoms with Gasteiger partial charge in [-0.05, 0) is 49.4 Å². The van der Waals surface area contributed by atoms with Gasteiger partial charge in [0.15, 0.2) is 11.6 Å². The third-order valence-corrected chi connectivity index (χ3v) is 5.31. The molecule has 0 atom stereocenters. The maximum Gasteiger partial charge on any atom is 0.422 e. The van der Waals surface area contributed by atoms with Crippen LogP contribution in [0, 0.1) is 11.6 Å². The number of alkyl halides is 3. The molecule has 1 aromatic carbocycles. The molecule has 0 aliphatic heterocycles. The van der Waals surface area contributed by atoms with Crippen LogP contribution in [0.4, 0.5) is 22.0 Å². The Morgan fingerprint density at radius 1 is 1.11 bits per heavy atom. The summed E-state index contributed by atoms with van der Waals surface area (Å²) >= 11 is 5.61. The lowest BCUT2D eigenvalue weighted by molar-refractivity contribution is -0.140. The van der Waals surface area contributed by atoms with E-state index in [1.54, 1.807) is 0 Å². The van der Waals surface area contributed by atoms with Gasteiger partial charge in [0, 0.05) is 13.3 Å². The predicted octanol–water partition coefficient (Wildman–Crippen LogP) is 5.90. The Hall–Kier alpha value is -1.93. The van der Waals surface area contributed by atoms with Crippen molar-refractivity contribution in [1.82, 2.24) is 4.98 Å². The minimum atomic E-state index is -4.70. The van der Waals surface area contributed by atoms with E-state index in [0.717, 1.165) is 24.4 Å². The van der Waals surface area contributed by atoms with Gasteiger partial charge in [0.1, 0.15) is 16.5 Å². The summed E-state index contributed by atoms with van der Waals surface area (Å²) in [6, 6.07) is 4.70. The van der Waals surface area contributed by atoms with Crippen LogP contribution in [-0.4, -0.2) is 18.2 Å². The fourth-order valence-corrected chi connectivity index (χ4v) is 3.78. The standard InChI is InChI=1S/C19H17ClF5NO2/c1-27-18(11-2-3-13(21)14(22)10-11)7-4-12(5-8-18)28-15-6-9-26-17(20)16(15)19(23,24)25/h2-3,6,9-10,12H,4-5,7-8H2,1H3. The maximum absolute atomic E-state index is 13.6. The number of benzene rings is 1. The summed E-state index contributed by atoms with van der Waals surface area (Å²) in [6.07, 6.45) is -2.58. The van der Waals surface area contributed by atoms with Crippen molar-refractivity contribution in [3.05, 3.63) is 58.4 Å². The van der Waals surface area contributed by atoms with E-state index in [4.69, 9.17) is 21.1 Å². The van der Waals surface area contributed by atoms with Gasteiger partial charge < -0.3 is 9.47 Å². The molecule has 0 spiro atoms. The molecule has 1 aromatic heterocycles. The molecule has 1 aliphatic rings. The zero-order valence-corrected chi connectivity index (χ0v) is 15.6. The number of hydrogen-bond acceptors (Lipinski definition) is 3. The number of halogens is 6. The fraction of sp³-hybridized carbons (Fsp3) is 0.421. The van der Waals surface area contributed by atoms with Gasteiger partial charge in [-0.1, -0.05) is 17.7 Å². The van der Waals surface area contributed by atoms with Gasteiger partial charge in [-0.25, -0.2) is 13.8 Å². The Labute approximate surface area is 163 Å². The summed E-state index contributed by atoms with van der Waals surface area (Å²) in [7, 11) is 1.47. The Morgan fingerprint density at radius 2 is 1.79 bits per heavy atom. The number of methoxy groups -OCH3 is 1. The zero-order valence-electron chi connectivity index (χ0n) is 14.8. The highest BCUT2D eigenvalue weighted by molar-refractivity contribution is 6.30. The zero-order chi connectivity index (χ0) is 20.5. The largest absolute Gasteiger partial charge is 0.490 e. The van der Waals surface area contributed by atoms with Gasteiger partial charge in [0.25, 0.3) is 0 Å². The number of ether oxygens (including phenoxy) is 2. The summed E-state index contributed by atoms with van der Waals surface area (Å²) in [4.78, 5) is 3.47. The highest BCUT2D eigenvalue weighted by Crippen LogP contribution is 2.44. The van der Waals surface area contributed by atoms with E-state index in [9.17, 15) is 22.0 Å². The monoisotopic (exact) mass is 421 g/mol. The van der Waals surface area contributed by atoms with E-state index < -0.39 is 40.2 Å². The van der Waals surface area contributed by atoms with Gasteiger partial charge in [-0.2, -0.15) is 13.2 Å². The van der Waals surface area contributed by atoms with Gasteiger partial charge >= 0.3 is 6.18 Å². The number of aromatic nitrogens is 1. The van der Waals surface area contributed by atoms with Gasteiger partial charge in [-0.3, -0.25) is 0 Å². The molecule has 0 saturated heterocycles. The Kier molecular flexibility index (Phi) is 5.82. The van der Waals surface area contributed by atoms with Crippen LogP contribution in [0.25, 0.3) is 0 Å². The lowest BCUT2D eigenvalue weighted by Crippen LogP contribution is -2.37. The topological polar surface area (TPSA) is 31.4 Å². The lowest BCUT2D eigenvalue weighted by Gasteiger charge is -2.39. The quantitative estimate of drug-likeness (QED) is 0.455. The summed E-state index contributed by atoms with van der Waals surface area (Å²) in [5, 5.41) is -0.672. The third kappa shape index (κ3) is 4.07. The molecule has 28 heavy (non-hydrogen) atoms. The smallest absolute Gasteiger partial charge is 0.422 e. The van der Waals surface area contributed by atoms with E-state index in [-0.39, 0.29) is 5.75 Å². The first-order chi connectivity index (χ1) is 13.2. The van der Waals surface area contributed by atoms with E-state index in [1.807, 2.05) is 0 Å². The number of rotatable bonds is 4. The summed E-state index contributed by atoms with van der Waals surface area (Å²) in [5.74, 6) is -2.31. The molecule has 2 aromatic rings. The van der Waals surface area contributed by atoms with E-state index >= 15 is 0 Å². The van der Waals surface area contributed by atoms with Crippen molar-refractivity contribution in [2.45, 2.75) is 43.6 Å². The minimum absolute atomic E-state index is 0.365. The third-order valence-electron chi connectivity index (χ3n) is 5.02. The first-order valence-corrected chi connectivity index (χ1v) is 8.93. The molecule has 0 bridgehead atoms. The molecule has 9 heteroatoms. The summed E-state index contributed by atoms with van der Waals surface area (Å²) < 4.78 is 77.7. The Morgan fingerprint density at radius 3 is 2.36 bits per heavy atom. The average Bonchev–Trinajstić information content (AvgIpc) is 2.64. The van der Waals surface area contributed by atoms with Crippen LogP contribution < -0.4 is 4.74 Å². The lowest BCUT2D eigenvalue weighted by atomic mass is 9.78. The summed E-state index contributed by atoms with van der Waals surface area (Å²) in [6.45, 7) is 0. The summed E-state index contributed by atoms with van der Waals surface area (Å²) in [5.41, 5.74) is -1.48. The number of nitrogens with zero attached hydrogens (tertiary/aromatic N) is 1. The van der Waals surface area contributed by atoms with Crippen LogP contribution in [0.5, 0.6) is 5.75 Å². The van der Waals surface area contributed by atoms with E-state index in [0.29, 0.717) is 31.2 Å². The van der Waals surface area contributed by atoms with Crippen LogP contribution in [-0.2, 0) is 16.5 Å². The molecule has 1 aliphatic carbocycles. The molecule has 1 saturated carbocycles. The second kappa shape index (κ2) is 7.83. The van der Waals surface area contributed by atoms with Crippen molar-refractivity contribution in [3.8, 4) is 5.75 Å². The average molecular weight is 422 g/mol. The molecule has 0 radical (unpaired) electrons. The molecular weight excluding hydrogens is 405 g/mol. The van der Waals surface area contributed by atoms with Crippen molar-refractivity contribution in [1.29, 1.82) is 0 Å². The molecular formula is C19H17ClF5NO2. The highest BCUT2D eigenvalue weighted by atomic mass is 35.5. The first-order valence-electron chi connectivity index (χ1n) is 8.55. The second-order valence-electron chi connectivity index (χ2n) is 6.62. The first kappa shape index (κ1) is 20.8. The molecule has 0 N–H and O–H groups in total. The SMILES string of the molecule is COC1(c2ccc(F)c(F)c2)CCC(Oc2ccnc(Cl)c2C(F)(F)F)CC1. The van der Waals surface area contributed by atoms with Crippen molar-refractivity contribution in [3.63, 3.8) is 0 Å². The molecule has 3 nitrogen and oxygen atoms in total. The van der Waals surface area contributed by atoms with Gasteiger partial charge in [0.2, 0.25) is 0 Å². The second-order valence-corrected chi connectivity index (χ2v) is 6.98. The molecule has 0 unspecified atom stereocenters. The Balaban J connectivity index is 1.77. The minimum Gasteiger partial charge on any atom is -0.490 e. The molecule has 1 heterocycles. The number of hydrogen-bond donors (Lipinski definition) is 0. The Bertz CT molecular complexity index is 851. The van der Waals surface area contributed by atoms with E-state index in [1.165, 1.54) is 13.2 Å². The van der Waals surface area contributed by atoms with Crippen LogP contribution in [0.3, 0.4) is 0 Å². The number of pyridine rings is 1. The van der Waals surface area contributed by atoms with Crippen LogP contribution >= 0.6 is 11.6 Å². The van der Waals surface area contributed by atoms with Crippen molar-refractivity contribution in [2.24, 2.45) is 0 Å². The fourth-order valence-electron chi connectivity index (χ4n) is 3.52. The van der Waals surface area contributed by atoms with Crippen LogP contribution in [0.2, 0.25) is 5.15 Å². The molecule has 1 fully saturated rings. The van der Waals surface area contributed by atoms with Crippen LogP contribution in [0.15, 0.2) is 30.5 Å². The van der Waals surface area contributed by atoms with Gasteiger partial charge in [-0.15, -0.1) is 0 Å². The normalized spacial score (nSPS) is 22.9. The molecule has 3 rings (SSSR count). The maximum atomic E-state index is 13.6. The van der Waals surface area contributed by atoms with Crippen LogP contribution in [0.1, 0.15) is 36.8 Å².